The summed E-state index contributed by atoms with van der Waals surface area (Å²) in [6, 6.07) is 0.606. The molecule has 15 heavy (non-hydrogen) atoms. The maximum Gasteiger partial charge on any atom is 0.191 e. The summed E-state index contributed by atoms with van der Waals surface area (Å²) in [6.07, 6.45) is 6.30. The third kappa shape index (κ3) is 3.73. The molecule has 0 aromatic heterocycles. The van der Waals surface area contributed by atoms with E-state index in [2.05, 4.69) is 30.8 Å². The van der Waals surface area contributed by atoms with Crippen molar-refractivity contribution in [2.24, 2.45) is 16.6 Å². The van der Waals surface area contributed by atoms with Crippen molar-refractivity contribution in [1.29, 1.82) is 0 Å². The van der Waals surface area contributed by atoms with E-state index < -0.39 is 0 Å². The Labute approximate surface area is 93.7 Å². The largest absolute Gasteiger partial charge is 0.370 e. The molecule has 0 aliphatic heterocycles. The second-order valence-corrected chi connectivity index (χ2v) is 4.78. The van der Waals surface area contributed by atoms with Crippen molar-refractivity contribution in [3.63, 3.8) is 0 Å². The molecule has 1 aliphatic carbocycles. The molecule has 0 aromatic rings. The summed E-state index contributed by atoms with van der Waals surface area (Å²) in [4.78, 5) is 6.54. The van der Waals surface area contributed by atoms with Crippen molar-refractivity contribution in [3.05, 3.63) is 0 Å². The van der Waals surface area contributed by atoms with Crippen LogP contribution in [0.2, 0.25) is 0 Å². The molecule has 1 saturated carbocycles. The molecule has 3 nitrogen and oxygen atoms in total. The van der Waals surface area contributed by atoms with E-state index in [0.717, 1.165) is 24.8 Å². The molecule has 1 fully saturated rings. The number of hydrogen-bond acceptors (Lipinski definition) is 1. The lowest BCUT2D eigenvalue weighted by molar-refractivity contribution is 0.230. The summed E-state index contributed by atoms with van der Waals surface area (Å²) in [6.45, 7) is 5.30. The number of rotatable bonds is 3. The Bertz CT molecular complexity index is 213. The first kappa shape index (κ1) is 12.3. The number of nitrogens with two attached hydrogens (primary N) is 1. The highest BCUT2D eigenvalue weighted by Crippen LogP contribution is 2.26. The van der Waals surface area contributed by atoms with E-state index >= 15 is 0 Å². The van der Waals surface area contributed by atoms with Gasteiger partial charge in [0, 0.05) is 19.6 Å². The predicted octanol–water partition coefficient (Wildman–Crippen LogP) is 2.22. The lowest BCUT2D eigenvalue weighted by atomic mass is 9.86. The van der Waals surface area contributed by atoms with Crippen LogP contribution in [0.5, 0.6) is 0 Å². The minimum Gasteiger partial charge on any atom is -0.370 e. The van der Waals surface area contributed by atoms with Crippen molar-refractivity contribution >= 4 is 5.96 Å². The molecule has 1 aliphatic rings. The zero-order valence-electron chi connectivity index (χ0n) is 10.4. The van der Waals surface area contributed by atoms with Crippen LogP contribution in [0.1, 0.15) is 46.0 Å². The first-order valence-corrected chi connectivity index (χ1v) is 6.17. The second-order valence-electron chi connectivity index (χ2n) is 4.78. The first-order valence-electron chi connectivity index (χ1n) is 6.17. The van der Waals surface area contributed by atoms with E-state index in [1.165, 1.54) is 25.7 Å². The lowest BCUT2D eigenvalue weighted by Crippen LogP contribution is -2.43. The van der Waals surface area contributed by atoms with E-state index in [4.69, 9.17) is 5.73 Å². The maximum absolute atomic E-state index is 5.96. The van der Waals surface area contributed by atoms with E-state index in [1.807, 2.05) is 0 Å². The molecular formula is C12H25N3. The average Bonchev–Trinajstić information content (AvgIpc) is 2.24. The van der Waals surface area contributed by atoms with E-state index in [0.29, 0.717) is 6.04 Å². The summed E-state index contributed by atoms with van der Waals surface area (Å²) in [5, 5.41) is 0. The average molecular weight is 211 g/mol. The SMILES string of the molecule is CCCN=C(N)N(C)C1CCCC(C)C1. The monoisotopic (exact) mass is 211 g/mol. The third-order valence-electron chi connectivity index (χ3n) is 3.32. The standard InChI is InChI=1S/C12H25N3/c1-4-8-14-12(13)15(3)11-7-5-6-10(2)9-11/h10-11H,4-9H2,1-3H3,(H2,13,14). The van der Waals surface area contributed by atoms with Crippen molar-refractivity contribution in [2.45, 2.75) is 52.0 Å². The van der Waals surface area contributed by atoms with Crippen LogP contribution in [0, 0.1) is 5.92 Å². The van der Waals surface area contributed by atoms with Crippen molar-refractivity contribution in [1.82, 2.24) is 4.90 Å². The quantitative estimate of drug-likeness (QED) is 0.574. The number of guanidine groups is 1. The summed E-state index contributed by atoms with van der Waals surface area (Å²) in [5.74, 6) is 1.56. The molecule has 0 spiro atoms. The Morgan fingerprint density at radius 2 is 2.20 bits per heavy atom. The topological polar surface area (TPSA) is 41.6 Å². The van der Waals surface area contributed by atoms with Gasteiger partial charge in [0.25, 0.3) is 0 Å². The van der Waals surface area contributed by atoms with Gasteiger partial charge in [0.2, 0.25) is 0 Å². The van der Waals surface area contributed by atoms with Gasteiger partial charge in [0.05, 0.1) is 0 Å². The van der Waals surface area contributed by atoms with Gasteiger partial charge in [-0.05, 0) is 25.2 Å². The fraction of sp³-hybridized carbons (Fsp3) is 0.917. The van der Waals surface area contributed by atoms with Crippen LogP contribution < -0.4 is 5.73 Å². The fourth-order valence-corrected chi connectivity index (χ4v) is 2.28. The van der Waals surface area contributed by atoms with Crippen LogP contribution in [0.4, 0.5) is 0 Å². The van der Waals surface area contributed by atoms with E-state index in [-0.39, 0.29) is 0 Å². The van der Waals surface area contributed by atoms with Gasteiger partial charge >= 0.3 is 0 Å². The maximum atomic E-state index is 5.96. The first-order chi connectivity index (χ1) is 7.15. The highest BCUT2D eigenvalue weighted by molar-refractivity contribution is 5.78. The minimum atomic E-state index is 0.606. The van der Waals surface area contributed by atoms with Gasteiger partial charge in [-0.2, -0.15) is 0 Å². The lowest BCUT2D eigenvalue weighted by Gasteiger charge is -2.34. The Morgan fingerprint density at radius 3 is 2.80 bits per heavy atom. The highest BCUT2D eigenvalue weighted by atomic mass is 15.3. The van der Waals surface area contributed by atoms with Gasteiger partial charge in [-0.3, -0.25) is 4.99 Å². The number of hydrogen-bond donors (Lipinski definition) is 1. The Morgan fingerprint density at radius 1 is 1.47 bits per heavy atom. The fourth-order valence-electron chi connectivity index (χ4n) is 2.28. The van der Waals surface area contributed by atoms with Crippen LogP contribution in [0.25, 0.3) is 0 Å². The number of aliphatic imine (C=N–C) groups is 1. The molecule has 0 amide bonds. The summed E-state index contributed by atoms with van der Waals surface area (Å²) < 4.78 is 0. The van der Waals surface area contributed by atoms with Gasteiger partial charge in [-0.1, -0.05) is 26.7 Å². The molecule has 2 unspecified atom stereocenters. The highest BCUT2D eigenvalue weighted by Gasteiger charge is 2.23. The molecule has 2 atom stereocenters. The zero-order chi connectivity index (χ0) is 11.3. The molecule has 0 bridgehead atoms. The molecule has 0 radical (unpaired) electrons. The molecule has 0 saturated heterocycles. The van der Waals surface area contributed by atoms with Crippen LogP contribution in [0.15, 0.2) is 4.99 Å². The molecular weight excluding hydrogens is 186 g/mol. The predicted molar refractivity (Wildman–Crippen MR) is 66.0 cm³/mol. The van der Waals surface area contributed by atoms with Crippen LogP contribution in [-0.4, -0.2) is 30.5 Å². The zero-order valence-corrected chi connectivity index (χ0v) is 10.4. The molecule has 1 rings (SSSR count). The van der Waals surface area contributed by atoms with Crippen LogP contribution in [-0.2, 0) is 0 Å². The minimum absolute atomic E-state index is 0.606. The summed E-state index contributed by atoms with van der Waals surface area (Å²) in [7, 11) is 2.08. The van der Waals surface area contributed by atoms with Gasteiger partial charge < -0.3 is 10.6 Å². The van der Waals surface area contributed by atoms with E-state index in [1.54, 1.807) is 0 Å². The Balaban J connectivity index is 2.47. The van der Waals surface area contributed by atoms with Gasteiger partial charge in [-0.25, -0.2) is 0 Å². The Hall–Kier alpha value is -0.730. The Kier molecular flexibility index (Phi) is 4.92. The summed E-state index contributed by atoms with van der Waals surface area (Å²) >= 11 is 0. The third-order valence-corrected chi connectivity index (χ3v) is 3.32. The number of nitrogens with zero attached hydrogens (tertiary/aromatic N) is 2. The second kappa shape index (κ2) is 5.99. The van der Waals surface area contributed by atoms with Crippen LogP contribution >= 0.6 is 0 Å². The van der Waals surface area contributed by atoms with Gasteiger partial charge in [-0.15, -0.1) is 0 Å². The van der Waals surface area contributed by atoms with Gasteiger partial charge in [0.15, 0.2) is 5.96 Å². The molecule has 3 heteroatoms. The normalized spacial score (nSPS) is 27.8. The molecule has 0 heterocycles. The molecule has 88 valence electrons. The molecule has 2 N–H and O–H groups in total. The van der Waals surface area contributed by atoms with Crippen LogP contribution in [0.3, 0.4) is 0 Å². The molecule has 0 aromatic carbocycles. The van der Waals surface area contributed by atoms with Gasteiger partial charge in [0.1, 0.15) is 0 Å². The van der Waals surface area contributed by atoms with Crippen molar-refractivity contribution in [3.8, 4) is 0 Å². The van der Waals surface area contributed by atoms with Crippen molar-refractivity contribution in [2.75, 3.05) is 13.6 Å². The van der Waals surface area contributed by atoms with E-state index in [9.17, 15) is 0 Å². The van der Waals surface area contributed by atoms with Crippen molar-refractivity contribution < 1.29 is 0 Å². The summed E-state index contributed by atoms with van der Waals surface area (Å²) in [5.41, 5.74) is 5.96. The smallest absolute Gasteiger partial charge is 0.191 e.